The highest BCUT2D eigenvalue weighted by Crippen LogP contribution is 2.13. The van der Waals surface area contributed by atoms with E-state index in [1.54, 1.807) is 24.4 Å². The molecule has 0 bridgehead atoms. The van der Waals surface area contributed by atoms with Crippen molar-refractivity contribution < 1.29 is 9.90 Å². The molecule has 6 nitrogen and oxygen atoms in total. The normalized spacial score (nSPS) is 10.1. The van der Waals surface area contributed by atoms with Gasteiger partial charge in [-0.3, -0.25) is 9.48 Å². The second-order valence-corrected chi connectivity index (χ2v) is 3.53. The van der Waals surface area contributed by atoms with Gasteiger partial charge in [0.25, 0.3) is 0 Å². The third-order valence-electron chi connectivity index (χ3n) is 2.12. The molecule has 0 saturated carbocycles. The Labute approximate surface area is 97.7 Å². The molecule has 2 rings (SSSR count). The Morgan fingerprint density at radius 2 is 2.06 bits per heavy atom. The van der Waals surface area contributed by atoms with E-state index in [-0.39, 0.29) is 18.2 Å². The molecule has 0 radical (unpaired) electrons. The molecule has 17 heavy (non-hydrogen) atoms. The predicted molar refractivity (Wildman–Crippen MR) is 63.4 cm³/mol. The second-order valence-electron chi connectivity index (χ2n) is 3.53. The molecule has 1 aromatic carbocycles. The van der Waals surface area contributed by atoms with Gasteiger partial charge in [-0.05, 0) is 30.3 Å². The van der Waals surface area contributed by atoms with E-state index in [1.807, 2.05) is 0 Å². The number of carbonyl (C=O) groups is 1. The number of phenols is 1. The maximum Gasteiger partial charge on any atom is 0.246 e. The zero-order chi connectivity index (χ0) is 12.3. The lowest BCUT2D eigenvalue weighted by Gasteiger charge is -2.05. The van der Waals surface area contributed by atoms with Crippen LogP contribution < -0.4 is 11.1 Å². The van der Waals surface area contributed by atoms with Gasteiger partial charge in [-0.15, -0.1) is 0 Å². The molecule has 2 aromatic rings. The summed E-state index contributed by atoms with van der Waals surface area (Å²) in [5, 5.41) is 15.7. The molecule has 1 aromatic heterocycles. The number of nitrogens with one attached hydrogen (secondary N) is 1. The Morgan fingerprint density at radius 3 is 2.65 bits per heavy atom. The number of hydrogen-bond acceptors (Lipinski definition) is 4. The highest BCUT2D eigenvalue weighted by atomic mass is 16.3. The van der Waals surface area contributed by atoms with Crippen molar-refractivity contribution in [1.29, 1.82) is 0 Å². The first-order valence-corrected chi connectivity index (χ1v) is 5.01. The third-order valence-corrected chi connectivity index (χ3v) is 2.12. The number of anilines is 2. The highest BCUT2D eigenvalue weighted by molar-refractivity contribution is 5.90. The number of rotatable bonds is 3. The van der Waals surface area contributed by atoms with Crippen LogP contribution in [0.5, 0.6) is 5.75 Å². The van der Waals surface area contributed by atoms with Gasteiger partial charge < -0.3 is 16.2 Å². The van der Waals surface area contributed by atoms with Gasteiger partial charge in [-0.25, -0.2) is 0 Å². The summed E-state index contributed by atoms with van der Waals surface area (Å²) in [5.41, 5.74) is 6.05. The molecule has 0 saturated heterocycles. The fourth-order valence-corrected chi connectivity index (χ4v) is 1.36. The van der Waals surface area contributed by atoms with Crippen molar-refractivity contribution >= 4 is 17.4 Å². The minimum atomic E-state index is -0.209. The molecule has 0 atom stereocenters. The van der Waals surface area contributed by atoms with E-state index >= 15 is 0 Å². The number of aromatic nitrogens is 2. The van der Waals surface area contributed by atoms with Crippen LogP contribution in [-0.2, 0) is 11.3 Å². The molecular formula is C11H12N4O2. The Morgan fingerprint density at radius 1 is 1.35 bits per heavy atom. The maximum atomic E-state index is 11.6. The van der Waals surface area contributed by atoms with Crippen molar-refractivity contribution in [2.45, 2.75) is 6.54 Å². The largest absolute Gasteiger partial charge is 0.508 e. The Balaban J connectivity index is 1.95. The lowest BCUT2D eigenvalue weighted by atomic mass is 10.3. The summed E-state index contributed by atoms with van der Waals surface area (Å²) in [6.07, 6.45) is 1.63. The van der Waals surface area contributed by atoms with Gasteiger partial charge in [0.1, 0.15) is 18.1 Å². The van der Waals surface area contributed by atoms with Crippen LogP contribution in [-0.4, -0.2) is 20.8 Å². The minimum Gasteiger partial charge on any atom is -0.508 e. The SMILES string of the molecule is Nc1ccn(CC(=O)Nc2ccc(O)cc2)n1. The van der Waals surface area contributed by atoms with Crippen molar-refractivity contribution in [3.8, 4) is 5.75 Å². The molecule has 0 aliphatic carbocycles. The molecular weight excluding hydrogens is 220 g/mol. The number of aromatic hydroxyl groups is 1. The van der Waals surface area contributed by atoms with E-state index in [0.717, 1.165) is 0 Å². The maximum absolute atomic E-state index is 11.6. The van der Waals surface area contributed by atoms with E-state index in [4.69, 9.17) is 10.8 Å². The topological polar surface area (TPSA) is 93.2 Å². The van der Waals surface area contributed by atoms with Crippen LogP contribution in [0.1, 0.15) is 0 Å². The van der Waals surface area contributed by atoms with Crippen LogP contribution in [0.15, 0.2) is 36.5 Å². The van der Waals surface area contributed by atoms with Crippen LogP contribution in [0.2, 0.25) is 0 Å². The molecule has 0 aliphatic rings. The van der Waals surface area contributed by atoms with Crippen molar-refractivity contribution in [3.63, 3.8) is 0 Å². The van der Waals surface area contributed by atoms with Crippen LogP contribution in [0.3, 0.4) is 0 Å². The molecule has 0 aliphatic heterocycles. The average molecular weight is 232 g/mol. The molecule has 0 spiro atoms. The Hall–Kier alpha value is -2.50. The molecule has 6 heteroatoms. The molecule has 1 heterocycles. The van der Waals surface area contributed by atoms with Crippen molar-refractivity contribution in [1.82, 2.24) is 9.78 Å². The number of nitrogen functional groups attached to an aromatic ring is 1. The van der Waals surface area contributed by atoms with Gasteiger partial charge in [-0.1, -0.05) is 0 Å². The lowest BCUT2D eigenvalue weighted by molar-refractivity contribution is -0.116. The molecule has 88 valence electrons. The summed E-state index contributed by atoms with van der Waals surface area (Å²) in [7, 11) is 0. The molecule has 0 fully saturated rings. The summed E-state index contributed by atoms with van der Waals surface area (Å²) in [4.78, 5) is 11.6. The Bertz CT molecular complexity index is 519. The Kier molecular flexibility index (Phi) is 2.95. The number of carbonyl (C=O) groups excluding carboxylic acids is 1. The van der Waals surface area contributed by atoms with Crippen molar-refractivity contribution in [2.24, 2.45) is 0 Å². The van der Waals surface area contributed by atoms with Crippen LogP contribution >= 0.6 is 0 Å². The van der Waals surface area contributed by atoms with E-state index in [1.165, 1.54) is 16.8 Å². The summed E-state index contributed by atoms with van der Waals surface area (Å²) in [5.74, 6) is 0.323. The molecule has 4 N–H and O–H groups in total. The number of nitrogens with zero attached hydrogens (tertiary/aromatic N) is 2. The van der Waals surface area contributed by atoms with Gasteiger partial charge in [0.15, 0.2) is 0 Å². The fraction of sp³-hybridized carbons (Fsp3) is 0.0909. The lowest BCUT2D eigenvalue weighted by Crippen LogP contribution is -2.19. The van der Waals surface area contributed by atoms with Crippen LogP contribution in [0, 0.1) is 0 Å². The van der Waals surface area contributed by atoms with Gasteiger partial charge in [0.05, 0.1) is 0 Å². The van der Waals surface area contributed by atoms with E-state index in [9.17, 15) is 4.79 Å². The second kappa shape index (κ2) is 4.56. The highest BCUT2D eigenvalue weighted by Gasteiger charge is 2.04. The fourth-order valence-electron chi connectivity index (χ4n) is 1.36. The zero-order valence-corrected chi connectivity index (χ0v) is 9.00. The van der Waals surface area contributed by atoms with Crippen LogP contribution in [0.25, 0.3) is 0 Å². The van der Waals surface area contributed by atoms with Gasteiger partial charge in [-0.2, -0.15) is 5.10 Å². The van der Waals surface area contributed by atoms with E-state index in [0.29, 0.717) is 11.5 Å². The van der Waals surface area contributed by atoms with Gasteiger partial charge in [0.2, 0.25) is 5.91 Å². The van der Waals surface area contributed by atoms with Gasteiger partial charge in [0, 0.05) is 11.9 Å². The minimum absolute atomic E-state index is 0.0953. The van der Waals surface area contributed by atoms with E-state index in [2.05, 4.69) is 10.4 Å². The number of hydrogen-bond donors (Lipinski definition) is 3. The third kappa shape index (κ3) is 2.97. The monoisotopic (exact) mass is 232 g/mol. The standard InChI is InChI=1S/C11H12N4O2/c12-10-5-6-15(14-10)7-11(17)13-8-1-3-9(16)4-2-8/h1-6,16H,7H2,(H2,12,14)(H,13,17). The zero-order valence-electron chi connectivity index (χ0n) is 9.00. The number of nitrogens with two attached hydrogens (primary N) is 1. The van der Waals surface area contributed by atoms with E-state index < -0.39 is 0 Å². The van der Waals surface area contributed by atoms with Crippen LogP contribution in [0.4, 0.5) is 11.5 Å². The molecule has 0 unspecified atom stereocenters. The average Bonchev–Trinajstić information content (AvgIpc) is 2.67. The quantitative estimate of drug-likeness (QED) is 0.683. The number of benzene rings is 1. The first-order valence-electron chi connectivity index (χ1n) is 5.01. The predicted octanol–water partition coefficient (Wildman–Crippen LogP) is 0.810. The van der Waals surface area contributed by atoms with Crippen molar-refractivity contribution in [3.05, 3.63) is 36.5 Å². The number of phenolic OH excluding ortho intramolecular Hbond substituents is 1. The van der Waals surface area contributed by atoms with Gasteiger partial charge >= 0.3 is 0 Å². The summed E-state index contributed by atoms with van der Waals surface area (Å²) in [6.45, 7) is 0.0953. The first-order chi connectivity index (χ1) is 8.13. The smallest absolute Gasteiger partial charge is 0.246 e. The summed E-state index contributed by atoms with van der Waals surface area (Å²) >= 11 is 0. The van der Waals surface area contributed by atoms with Crippen molar-refractivity contribution in [2.75, 3.05) is 11.1 Å². The summed E-state index contributed by atoms with van der Waals surface area (Å²) < 4.78 is 1.45. The first kappa shape index (κ1) is 11.0. The molecule has 1 amide bonds. The summed E-state index contributed by atoms with van der Waals surface area (Å²) in [6, 6.07) is 7.85. The number of amides is 1.